The van der Waals surface area contributed by atoms with E-state index in [1.165, 1.54) is 16.8 Å². The number of carbonyl (C=O) groups excluding carboxylic acids is 2. The summed E-state index contributed by atoms with van der Waals surface area (Å²) in [6.07, 6.45) is 5.82. The van der Waals surface area contributed by atoms with Crippen LogP contribution >= 0.6 is 11.9 Å². The van der Waals surface area contributed by atoms with Crippen molar-refractivity contribution in [2.24, 2.45) is 0 Å². The SMILES string of the molecule is C#CCNSc1ccc(CCN2C(=O)c3ccccc3C2=O)cc1. The smallest absolute Gasteiger partial charge is 0.261 e. The maximum atomic E-state index is 12.3. The second-order valence-corrected chi connectivity index (χ2v) is 6.29. The Morgan fingerprint density at radius 1 is 1.00 bits per heavy atom. The van der Waals surface area contributed by atoms with Crippen molar-refractivity contribution < 1.29 is 9.59 Å². The van der Waals surface area contributed by atoms with E-state index in [1.807, 2.05) is 24.3 Å². The van der Waals surface area contributed by atoms with Crippen LogP contribution in [-0.2, 0) is 6.42 Å². The van der Waals surface area contributed by atoms with Crippen LogP contribution in [0.3, 0.4) is 0 Å². The second-order valence-electron chi connectivity index (χ2n) is 5.33. The van der Waals surface area contributed by atoms with Crippen molar-refractivity contribution in [2.45, 2.75) is 11.3 Å². The van der Waals surface area contributed by atoms with E-state index < -0.39 is 0 Å². The van der Waals surface area contributed by atoms with Gasteiger partial charge in [-0.15, -0.1) is 6.42 Å². The molecular weight excluding hydrogens is 320 g/mol. The number of nitrogens with zero attached hydrogens (tertiary/aromatic N) is 1. The van der Waals surface area contributed by atoms with Crippen LogP contribution in [0.25, 0.3) is 0 Å². The van der Waals surface area contributed by atoms with Gasteiger partial charge in [-0.05, 0) is 48.2 Å². The highest BCUT2D eigenvalue weighted by Crippen LogP contribution is 2.23. The zero-order valence-electron chi connectivity index (χ0n) is 13.0. The van der Waals surface area contributed by atoms with E-state index in [2.05, 4.69) is 10.6 Å². The maximum absolute atomic E-state index is 12.3. The molecule has 0 unspecified atom stereocenters. The predicted molar refractivity (Wildman–Crippen MR) is 94.6 cm³/mol. The Morgan fingerprint density at radius 3 is 2.21 bits per heavy atom. The molecule has 0 saturated carbocycles. The van der Waals surface area contributed by atoms with Crippen molar-refractivity contribution in [2.75, 3.05) is 13.1 Å². The van der Waals surface area contributed by atoms with Crippen LogP contribution in [0.5, 0.6) is 0 Å². The molecule has 1 aliphatic rings. The molecule has 0 aliphatic carbocycles. The number of hydrogen-bond donors (Lipinski definition) is 1. The molecule has 0 aromatic heterocycles. The van der Waals surface area contributed by atoms with Gasteiger partial charge in [0.15, 0.2) is 0 Å². The lowest BCUT2D eigenvalue weighted by Crippen LogP contribution is -2.31. The molecule has 0 radical (unpaired) electrons. The minimum Gasteiger partial charge on any atom is -0.274 e. The van der Waals surface area contributed by atoms with Crippen molar-refractivity contribution in [3.8, 4) is 12.3 Å². The summed E-state index contributed by atoms with van der Waals surface area (Å²) in [6.45, 7) is 0.889. The van der Waals surface area contributed by atoms with E-state index in [4.69, 9.17) is 6.42 Å². The number of hydrogen-bond acceptors (Lipinski definition) is 4. The first-order valence-electron chi connectivity index (χ1n) is 7.58. The Hall–Kier alpha value is -2.55. The summed E-state index contributed by atoms with van der Waals surface area (Å²) >= 11 is 1.48. The average Bonchev–Trinajstić information content (AvgIpc) is 2.86. The van der Waals surface area contributed by atoms with E-state index in [0.29, 0.717) is 30.6 Å². The Labute approximate surface area is 145 Å². The lowest BCUT2D eigenvalue weighted by Gasteiger charge is -2.13. The van der Waals surface area contributed by atoms with Gasteiger partial charge < -0.3 is 0 Å². The molecule has 2 amide bonds. The highest BCUT2D eigenvalue weighted by molar-refractivity contribution is 7.97. The van der Waals surface area contributed by atoms with Crippen LogP contribution in [0, 0.1) is 12.3 Å². The molecule has 0 saturated heterocycles. The standard InChI is InChI=1S/C19H16N2O2S/c1-2-12-20-24-15-9-7-14(8-10-15)11-13-21-18(22)16-5-3-4-6-17(16)19(21)23/h1,3-10,20H,11-13H2. The number of fused-ring (bicyclic) bond motifs is 1. The first kappa shape index (κ1) is 16.3. The highest BCUT2D eigenvalue weighted by atomic mass is 32.2. The number of benzene rings is 2. The first-order chi connectivity index (χ1) is 11.7. The predicted octanol–water partition coefficient (Wildman–Crippen LogP) is 2.76. The summed E-state index contributed by atoms with van der Waals surface area (Å²) in [4.78, 5) is 27.0. The molecule has 24 heavy (non-hydrogen) atoms. The van der Waals surface area contributed by atoms with Gasteiger partial charge in [0.1, 0.15) is 0 Å². The number of carbonyl (C=O) groups is 2. The zero-order chi connectivity index (χ0) is 16.9. The summed E-state index contributed by atoms with van der Waals surface area (Å²) in [6, 6.07) is 14.9. The van der Waals surface area contributed by atoms with E-state index in [-0.39, 0.29) is 11.8 Å². The van der Waals surface area contributed by atoms with E-state index >= 15 is 0 Å². The summed E-state index contributed by atoms with van der Waals surface area (Å²) < 4.78 is 3.05. The summed E-state index contributed by atoms with van der Waals surface area (Å²) in [5.74, 6) is 2.10. The van der Waals surface area contributed by atoms with Crippen LogP contribution in [0.4, 0.5) is 0 Å². The van der Waals surface area contributed by atoms with Crippen LogP contribution < -0.4 is 4.72 Å². The minimum absolute atomic E-state index is 0.207. The monoisotopic (exact) mass is 336 g/mol. The van der Waals surface area contributed by atoms with Crippen molar-refractivity contribution in [3.05, 3.63) is 65.2 Å². The van der Waals surface area contributed by atoms with E-state index in [0.717, 1.165) is 10.5 Å². The third-order valence-corrected chi connectivity index (χ3v) is 4.59. The number of imide groups is 1. The fourth-order valence-corrected chi connectivity index (χ4v) is 3.16. The number of terminal acetylenes is 1. The Balaban J connectivity index is 1.60. The molecule has 1 heterocycles. The normalized spacial score (nSPS) is 13.0. The lowest BCUT2D eigenvalue weighted by atomic mass is 10.1. The van der Waals surface area contributed by atoms with Gasteiger partial charge >= 0.3 is 0 Å². The van der Waals surface area contributed by atoms with Crippen LogP contribution in [0.1, 0.15) is 26.3 Å². The van der Waals surface area contributed by atoms with E-state index in [9.17, 15) is 9.59 Å². The quantitative estimate of drug-likeness (QED) is 0.381. The second kappa shape index (κ2) is 7.35. The molecule has 120 valence electrons. The van der Waals surface area contributed by atoms with Gasteiger partial charge in [0.2, 0.25) is 0 Å². The molecule has 4 nitrogen and oxygen atoms in total. The number of rotatable bonds is 6. The van der Waals surface area contributed by atoms with Gasteiger partial charge in [0.25, 0.3) is 11.8 Å². The summed E-state index contributed by atoms with van der Waals surface area (Å²) in [5.41, 5.74) is 2.07. The van der Waals surface area contributed by atoms with Crippen molar-refractivity contribution >= 4 is 23.8 Å². The summed E-state index contributed by atoms with van der Waals surface area (Å²) in [5, 5.41) is 0. The van der Waals surface area contributed by atoms with Crippen molar-refractivity contribution in [3.63, 3.8) is 0 Å². The fourth-order valence-electron chi connectivity index (χ4n) is 2.57. The van der Waals surface area contributed by atoms with Crippen molar-refractivity contribution in [1.29, 1.82) is 0 Å². The number of nitrogens with one attached hydrogen (secondary N) is 1. The van der Waals surface area contributed by atoms with Crippen LogP contribution in [-0.4, -0.2) is 29.8 Å². The van der Waals surface area contributed by atoms with Crippen molar-refractivity contribution in [1.82, 2.24) is 9.62 Å². The minimum atomic E-state index is -0.207. The van der Waals surface area contributed by atoms with Crippen LogP contribution in [0.2, 0.25) is 0 Å². The molecule has 2 aromatic carbocycles. The van der Waals surface area contributed by atoms with Gasteiger partial charge in [0, 0.05) is 11.4 Å². The molecule has 3 rings (SSSR count). The highest BCUT2D eigenvalue weighted by Gasteiger charge is 2.34. The molecule has 0 bridgehead atoms. The molecule has 5 heteroatoms. The Bertz CT molecular complexity index is 774. The summed E-state index contributed by atoms with van der Waals surface area (Å²) in [7, 11) is 0. The van der Waals surface area contributed by atoms with Gasteiger partial charge in [0.05, 0.1) is 17.7 Å². The molecular formula is C19H16N2O2S. The van der Waals surface area contributed by atoms with Gasteiger partial charge in [-0.2, -0.15) is 0 Å². The maximum Gasteiger partial charge on any atom is 0.261 e. The molecule has 1 N–H and O–H groups in total. The van der Waals surface area contributed by atoms with Crippen LogP contribution in [0.15, 0.2) is 53.4 Å². The lowest BCUT2D eigenvalue weighted by molar-refractivity contribution is 0.0656. The molecule has 0 spiro atoms. The third-order valence-electron chi connectivity index (χ3n) is 3.79. The third kappa shape index (κ3) is 3.35. The first-order valence-corrected chi connectivity index (χ1v) is 8.39. The van der Waals surface area contributed by atoms with Gasteiger partial charge in [-0.3, -0.25) is 14.5 Å². The Kier molecular flexibility index (Phi) is 4.99. The topological polar surface area (TPSA) is 49.4 Å². The largest absolute Gasteiger partial charge is 0.274 e. The molecule has 1 aliphatic heterocycles. The van der Waals surface area contributed by atoms with Gasteiger partial charge in [-0.25, -0.2) is 4.72 Å². The number of amides is 2. The zero-order valence-corrected chi connectivity index (χ0v) is 13.8. The fraction of sp³-hybridized carbons (Fsp3) is 0.158. The molecule has 2 aromatic rings. The van der Waals surface area contributed by atoms with E-state index in [1.54, 1.807) is 24.3 Å². The molecule has 0 atom stereocenters. The Morgan fingerprint density at radius 2 is 1.62 bits per heavy atom. The average molecular weight is 336 g/mol. The van der Waals surface area contributed by atoms with Gasteiger partial charge in [-0.1, -0.05) is 30.2 Å². The molecule has 0 fully saturated rings.